The van der Waals surface area contributed by atoms with Gasteiger partial charge in [0.05, 0.1) is 0 Å². The van der Waals surface area contributed by atoms with Gasteiger partial charge in [0.2, 0.25) is 0 Å². The number of benzene rings is 1. The summed E-state index contributed by atoms with van der Waals surface area (Å²) in [4.78, 5) is 2.35. The van der Waals surface area contributed by atoms with Gasteiger partial charge in [0.25, 0.3) is 0 Å². The second-order valence-electron chi connectivity index (χ2n) is 4.10. The predicted molar refractivity (Wildman–Crippen MR) is 71.5 cm³/mol. The maximum Gasteiger partial charge on any atom is 0.123 e. The maximum atomic E-state index is 12.8. The predicted octanol–water partition coefficient (Wildman–Crippen LogP) is 4.35. The fourth-order valence-electron chi connectivity index (χ4n) is 1.77. The van der Waals surface area contributed by atoms with Crippen LogP contribution in [0.25, 0.3) is 10.4 Å². The van der Waals surface area contributed by atoms with E-state index >= 15 is 0 Å². The molecule has 2 N–H and O–H groups in total. The van der Waals surface area contributed by atoms with Crippen LogP contribution in [0, 0.1) is 5.82 Å². The number of thiophene rings is 1. The normalized spacial score (nSPS) is 12.6. The highest BCUT2D eigenvalue weighted by atomic mass is 32.1. The molecule has 2 rings (SSSR count). The Morgan fingerprint density at radius 3 is 2.53 bits per heavy atom. The van der Waals surface area contributed by atoms with Crippen LogP contribution in [-0.4, -0.2) is 0 Å². The molecule has 0 radical (unpaired) electrons. The SMILES string of the molecule is CCCC(N)c1ccc(-c2ccc(F)cc2)s1. The van der Waals surface area contributed by atoms with Crippen molar-refractivity contribution >= 4 is 11.3 Å². The van der Waals surface area contributed by atoms with Gasteiger partial charge in [-0.1, -0.05) is 25.5 Å². The average Bonchev–Trinajstić information content (AvgIpc) is 2.80. The van der Waals surface area contributed by atoms with E-state index in [0.29, 0.717) is 0 Å². The first-order valence-corrected chi connectivity index (χ1v) is 6.63. The number of hydrogen-bond donors (Lipinski definition) is 1. The Labute approximate surface area is 105 Å². The zero-order valence-corrected chi connectivity index (χ0v) is 10.6. The maximum absolute atomic E-state index is 12.8. The second kappa shape index (κ2) is 5.43. The lowest BCUT2D eigenvalue weighted by Crippen LogP contribution is -2.07. The molecule has 0 spiro atoms. The smallest absolute Gasteiger partial charge is 0.123 e. The van der Waals surface area contributed by atoms with E-state index in [2.05, 4.69) is 19.1 Å². The van der Waals surface area contributed by atoms with Crippen LogP contribution in [0.3, 0.4) is 0 Å². The lowest BCUT2D eigenvalue weighted by molar-refractivity contribution is 0.628. The van der Waals surface area contributed by atoms with E-state index in [1.165, 1.54) is 17.0 Å². The van der Waals surface area contributed by atoms with Crippen LogP contribution in [0.4, 0.5) is 4.39 Å². The molecular weight excluding hydrogens is 233 g/mol. The standard InChI is InChI=1S/C14H16FNS/c1-2-3-12(16)14-9-8-13(17-14)10-4-6-11(15)7-5-10/h4-9,12H,2-3,16H2,1H3. The van der Waals surface area contributed by atoms with Gasteiger partial charge in [-0.3, -0.25) is 0 Å². The molecule has 1 aromatic heterocycles. The molecule has 0 bridgehead atoms. The van der Waals surface area contributed by atoms with E-state index in [4.69, 9.17) is 5.73 Å². The van der Waals surface area contributed by atoms with Gasteiger partial charge >= 0.3 is 0 Å². The summed E-state index contributed by atoms with van der Waals surface area (Å²) < 4.78 is 12.8. The first kappa shape index (κ1) is 12.3. The van der Waals surface area contributed by atoms with Gasteiger partial charge in [-0.25, -0.2) is 4.39 Å². The lowest BCUT2D eigenvalue weighted by Gasteiger charge is -2.06. The fourth-order valence-corrected chi connectivity index (χ4v) is 2.82. The molecule has 0 saturated carbocycles. The Bertz CT molecular complexity index is 475. The van der Waals surface area contributed by atoms with Crippen LogP contribution < -0.4 is 5.73 Å². The minimum absolute atomic E-state index is 0.124. The van der Waals surface area contributed by atoms with Crippen molar-refractivity contribution in [2.24, 2.45) is 5.73 Å². The average molecular weight is 249 g/mol. The molecule has 1 heterocycles. The Morgan fingerprint density at radius 1 is 1.18 bits per heavy atom. The molecule has 90 valence electrons. The molecular formula is C14H16FNS. The second-order valence-corrected chi connectivity index (χ2v) is 5.22. The molecule has 1 unspecified atom stereocenters. The van der Waals surface area contributed by atoms with Gasteiger partial charge in [-0.05, 0) is 36.2 Å². The van der Waals surface area contributed by atoms with Crippen molar-refractivity contribution < 1.29 is 4.39 Å². The minimum Gasteiger partial charge on any atom is -0.323 e. The van der Waals surface area contributed by atoms with E-state index in [1.807, 2.05) is 0 Å². The third-order valence-electron chi connectivity index (χ3n) is 2.72. The van der Waals surface area contributed by atoms with Gasteiger partial charge in [0.1, 0.15) is 5.82 Å². The Hall–Kier alpha value is -1.19. The summed E-state index contributed by atoms with van der Waals surface area (Å²) >= 11 is 1.69. The first-order chi connectivity index (χ1) is 8.20. The first-order valence-electron chi connectivity index (χ1n) is 5.82. The number of halogens is 1. The van der Waals surface area contributed by atoms with E-state index in [0.717, 1.165) is 23.3 Å². The summed E-state index contributed by atoms with van der Waals surface area (Å²) in [5, 5.41) is 0. The van der Waals surface area contributed by atoms with Crippen molar-refractivity contribution in [2.75, 3.05) is 0 Å². The Morgan fingerprint density at radius 2 is 1.88 bits per heavy atom. The zero-order valence-electron chi connectivity index (χ0n) is 9.82. The van der Waals surface area contributed by atoms with E-state index in [9.17, 15) is 4.39 Å². The van der Waals surface area contributed by atoms with Crippen molar-refractivity contribution in [3.05, 3.63) is 47.1 Å². The molecule has 0 amide bonds. The Balaban J connectivity index is 2.20. The highest BCUT2D eigenvalue weighted by Crippen LogP contribution is 2.32. The molecule has 2 aromatic rings. The highest BCUT2D eigenvalue weighted by molar-refractivity contribution is 7.15. The monoisotopic (exact) mass is 249 g/mol. The molecule has 1 aromatic carbocycles. The zero-order chi connectivity index (χ0) is 12.3. The molecule has 0 aliphatic carbocycles. The van der Waals surface area contributed by atoms with E-state index < -0.39 is 0 Å². The summed E-state index contributed by atoms with van der Waals surface area (Å²) in [5.74, 6) is -0.201. The number of rotatable bonds is 4. The molecule has 1 nitrogen and oxygen atoms in total. The molecule has 3 heteroatoms. The summed E-state index contributed by atoms with van der Waals surface area (Å²) in [7, 11) is 0. The fraction of sp³-hybridized carbons (Fsp3) is 0.286. The molecule has 0 aliphatic heterocycles. The minimum atomic E-state index is -0.201. The van der Waals surface area contributed by atoms with Crippen molar-refractivity contribution in [3.63, 3.8) is 0 Å². The third kappa shape index (κ3) is 2.93. The molecule has 0 fully saturated rings. The quantitative estimate of drug-likeness (QED) is 0.856. The number of nitrogens with two attached hydrogens (primary N) is 1. The molecule has 0 aliphatic rings. The van der Waals surface area contributed by atoms with Crippen LogP contribution >= 0.6 is 11.3 Å². The summed E-state index contributed by atoms with van der Waals surface area (Å²) in [6.45, 7) is 2.13. The van der Waals surface area contributed by atoms with Crippen molar-refractivity contribution in [2.45, 2.75) is 25.8 Å². The van der Waals surface area contributed by atoms with E-state index in [1.54, 1.807) is 23.5 Å². The molecule has 1 atom stereocenters. The topological polar surface area (TPSA) is 26.0 Å². The van der Waals surface area contributed by atoms with Gasteiger partial charge in [0, 0.05) is 15.8 Å². The summed E-state index contributed by atoms with van der Waals surface area (Å²) in [6, 6.07) is 10.8. The van der Waals surface area contributed by atoms with Crippen molar-refractivity contribution in [1.29, 1.82) is 0 Å². The van der Waals surface area contributed by atoms with Gasteiger partial charge < -0.3 is 5.73 Å². The van der Waals surface area contributed by atoms with Crippen LogP contribution in [0.15, 0.2) is 36.4 Å². The van der Waals surface area contributed by atoms with Crippen LogP contribution in [0.1, 0.15) is 30.7 Å². The van der Waals surface area contributed by atoms with Gasteiger partial charge in [-0.15, -0.1) is 11.3 Å². The number of hydrogen-bond acceptors (Lipinski definition) is 2. The largest absolute Gasteiger partial charge is 0.323 e. The van der Waals surface area contributed by atoms with Crippen LogP contribution in [0.5, 0.6) is 0 Å². The lowest BCUT2D eigenvalue weighted by atomic mass is 10.1. The third-order valence-corrected chi connectivity index (χ3v) is 3.99. The van der Waals surface area contributed by atoms with Crippen molar-refractivity contribution in [3.8, 4) is 10.4 Å². The molecule has 17 heavy (non-hydrogen) atoms. The summed E-state index contributed by atoms with van der Waals surface area (Å²) in [5.41, 5.74) is 7.12. The highest BCUT2D eigenvalue weighted by Gasteiger charge is 2.09. The van der Waals surface area contributed by atoms with E-state index in [-0.39, 0.29) is 11.9 Å². The van der Waals surface area contributed by atoms with Crippen LogP contribution in [-0.2, 0) is 0 Å². The van der Waals surface area contributed by atoms with Crippen LogP contribution in [0.2, 0.25) is 0 Å². The molecule has 0 saturated heterocycles. The van der Waals surface area contributed by atoms with Crippen molar-refractivity contribution in [1.82, 2.24) is 0 Å². The van der Waals surface area contributed by atoms with Gasteiger partial charge in [-0.2, -0.15) is 0 Å². The van der Waals surface area contributed by atoms with Gasteiger partial charge in [0.15, 0.2) is 0 Å². The Kier molecular flexibility index (Phi) is 3.92. The summed E-state index contributed by atoms with van der Waals surface area (Å²) in [6.07, 6.45) is 2.09.